The van der Waals surface area contributed by atoms with Crippen LogP contribution in [0.25, 0.3) is 0 Å². The zero-order valence-corrected chi connectivity index (χ0v) is 14.3. The van der Waals surface area contributed by atoms with Crippen molar-refractivity contribution in [1.82, 2.24) is 10.3 Å². The number of carbonyl (C=O) groups excluding carboxylic acids is 1. The summed E-state index contributed by atoms with van der Waals surface area (Å²) in [5.74, 6) is 1.47. The Labute approximate surface area is 145 Å². The Morgan fingerprint density at radius 3 is 2.58 bits per heavy atom. The maximum atomic E-state index is 12.5. The molecule has 0 saturated heterocycles. The summed E-state index contributed by atoms with van der Waals surface area (Å²) in [5.41, 5.74) is 1.45. The number of fused-ring (bicyclic) bond motifs is 1. The Morgan fingerprint density at radius 2 is 1.92 bits per heavy atom. The van der Waals surface area contributed by atoms with Crippen molar-refractivity contribution in [1.29, 1.82) is 0 Å². The Balaban J connectivity index is 1.82. The second kappa shape index (κ2) is 7.09. The fourth-order valence-corrected chi connectivity index (χ4v) is 2.73. The van der Waals surface area contributed by atoms with E-state index in [-0.39, 0.29) is 17.9 Å². The van der Waals surface area contributed by atoms with E-state index in [2.05, 4.69) is 24.1 Å². The first-order valence-corrected chi connectivity index (χ1v) is 8.24. The smallest absolute Gasteiger partial charge is 0.253 e. The average Bonchev–Trinajstić information content (AvgIpc) is 2.59. The van der Waals surface area contributed by atoms with Crippen LogP contribution in [0, 0.1) is 5.92 Å². The molecule has 1 aliphatic rings. The highest BCUT2D eigenvalue weighted by Crippen LogP contribution is 2.34. The predicted molar refractivity (Wildman–Crippen MR) is 91.7 cm³/mol. The van der Waals surface area contributed by atoms with Crippen molar-refractivity contribution in [2.24, 2.45) is 5.92 Å². The molecule has 126 valence electrons. The van der Waals surface area contributed by atoms with Crippen molar-refractivity contribution in [2.45, 2.75) is 19.9 Å². The van der Waals surface area contributed by atoms with Crippen LogP contribution in [0.3, 0.4) is 0 Å². The quantitative estimate of drug-likeness (QED) is 0.859. The van der Waals surface area contributed by atoms with E-state index in [1.54, 1.807) is 12.1 Å². The lowest BCUT2D eigenvalue weighted by molar-refractivity contribution is 0.0925. The minimum atomic E-state index is -0.187. The summed E-state index contributed by atoms with van der Waals surface area (Å²) < 4.78 is 11.2. The zero-order valence-electron chi connectivity index (χ0n) is 13.6. The molecule has 1 atom stereocenters. The first-order valence-electron chi connectivity index (χ1n) is 7.86. The fourth-order valence-electron chi connectivity index (χ4n) is 2.62. The molecule has 0 spiro atoms. The van der Waals surface area contributed by atoms with Gasteiger partial charge in [0.15, 0.2) is 11.5 Å². The molecule has 6 heteroatoms. The third kappa shape index (κ3) is 3.62. The third-order valence-electron chi connectivity index (χ3n) is 3.87. The summed E-state index contributed by atoms with van der Waals surface area (Å²) in [4.78, 5) is 16.4. The van der Waals surface area contributed by atoms with Crippen molar-refractivity contribution in [2.75, 3.05) is 13.2 Å². The number of benzene rings is 1. The number of hydrogen-bond donors (Lipinski definition) is 1. The minimum Gasteiger partial charge on any atom is -0.486 e. The van der Waals surface area contributed by atoms with Gasteiger partial charge in [0.25, 0.3) is 5.91 Å². The Morgan fingerprint density at radius 1 is 1.17 bits per heavy atom. The summed E-state index contributed by atoms with van der Waals surface area (Å²) in [6.07, 6.45) is 1.47. The van der Waals surface area contributed by atoms with Crippen LogP contribution >= 0.6 is 11.6 Å². The van der Waals surface area contributed by atoms with Gasteiger partial charge in [0, 0.05) is 6.20 Å². The molecule has 2 heterocycles. The number of nitrogens with zero attached hydrogens (tertiary/aromatic N) is 1. The molecule has 2 aromatic rings. The van der Waals surface area contributed by atoms with Gasteiger partial charge in [-0.2, -0.15) is 0 Å². The molecule has 0 saturated carbocycles. The highest BCUT2D eigenvalue weighted by molar-refractivity contribution is 6.29. The number of carbonyl (C=O) groups is 1. The van der Waals surface area contributed by atoms with E-state index in [4.69, 9.17) is 21.1 Å². The topological polar surface area (TPSA) is 60.5 Å². The molecule has 1 amide bonds. The SMILES string of the molecule is CC(C)[C@@H](NC(=O)c1ccc(Cl)nc1)c1ccc2c(c1)OCCO2. The summed E-state index contributed by atoms with van der Waals surface area (Å²) in [5, 5.41) is 3.42. The van der Waals surface area contributed by atoms with Crippen LogP contribution in [0.2, 0.25) is 5.15 Å². The summed E-state index contributed by atoms with van der Waals surface area (Å²) in [7, 11) is 0. The number of nitrogens with one attached hydrogen (secondary N) is 1. The normalized spacial score (nSPS) is 14.3. The van der Waals surface area contributed by atoms with Crippen LogP contribution in [-0.4, -0.2) is 24.1 Å². The summed E-state index contributed by atoms with van der Waals surface area (Å²) in [6, 6.07) is 8.88. The van der Waals surface area contributed by atoms with Crippen LogP contribution in [-0.2, 0) is 0 Å². The molecule has 1 aliphatic heterocycles. The number of halogens is 1. The van der Waals surface area contributed by atoms with Gasteiger partial charge in [0.05, 0.1) is 11.6 Å². The average molecular weight is 347 g/mol. The maximum absolute atomic E-state index is 12.5. The zero-order chi connectivity index (χ0) is 17.1. The third-order valence-corrected chi connectivity index (χ3v) is 4.09. The van der Waals surface area contributed by atoms with E-state index in [1.807, 2.05) is 18.2 Å². The molecule has 0 radical (unpaired) electrons. The molecule has 1 aromatic carbocycles. The van der Waals surface area contributed by atoms with Crippen molar-refractivity contribution in [3.8, 4) is 11.5 Å². The van der Waals surface area contributed by atoms with Crippen LogP contribution in [0.1, 0.15) is 35.8 Å². The monoisotopic (exact) mass is 346 g/mol. The second-order valence-corrected chi connectivity index (χ2v) is 6.36. The number of pyridine rings is 1. The van der Waals surface area contributed by atoms with E-state index >= 15 is 0 Å². The first-order chi connectivity index (χ1) is 11.5. The van der Waals surface area contributed by atoms with E-state index < -0.39 is 0 Å². The molecule has 0 bridgehead atoms. The lowest BCUT2D eigenvalue weighted by Gasteiger charge is -2.25. The van der Waals surface area contributed by atoms with E-state index in [1.165, 1.54) is 6.20 Å². The molecule has 5 nitrogen and oxygen atoms in total. The van der Waals surface area contributed by atoms with Crippen molar-refractivity contribution in [3.05, 3.63) is 52.8 Å². The van der Waals surface area contributed by atoms with Gasteiger partial charge >= 0.3 is 0 Å². The number of amides is 1. The van der Waals surface area contributed by atoms with Gasteiger partial charge in [0.2, 0.25) is 0 Å². The number of hydrogen-bond acceptors (Lipinski definition) is 4. The van der Waals surface area contributed by atoms with Gasteiger partial charge in [-0.3, -0.25) is 4.79 Å². The number of aromatic nitrogens is 1. The van der Waals surface area contributed by atoms with Crippen molar-refractivity contribution in [3.63, 3.8) is 0 Å². The van der Waals surface area contributed by atoms with Gasteiger partial charge in [-0.15, -0.1) is 0 Å². The molecule has 1 N–H and O–H groups in total. The van der Waals surface area contributed by atoms with Crippen molar-refractivity contribution < 1.29 is 14.3 Å². The largest absolute Gasteiger partial charge is 0.486 e. The Hall–Kier alpha value is -2.27. The minimum absolute atomic E-state index is 0.149. The van der Waals surface area contributed by atoms with Crippen LogP contribution < -0.4 is 14.8 Å². The number of rotatable bonds is 4. The number of ether oxygens (including phenoxy) is 2. The van der Waals surface area contributed by atoms with Crippen LogP contribution in [0.4, 0.5) is 0 Å². The van der Waals surface area contributed by atoms with E-state index in [0.29, 0.717) is 29.7 Å². The Bertz CT molecular complexity index is 732. The second-order valence-electron chi connectivity index (χ2n) is 5.97. The molecule has 0 fully saturated rings. The van der Waals surface area contributed by atoms with Gasteiger partial charge in [-0.25, -0.2) is 4.98 Å². The molecular weight excluding hydrogens is 328 g/mol. The molecule has 0 unspecified atom stereocenters. The Kier molecular flexibility index (Phi) is 4.90. The van der Waals surface area contributed by atoms with E-state index in [0.717, 1.165) is 11.3 Å². The van der Waals surface area contributed by atoms with Crippen molar-refractivity contribution >= 4 is 17.5 Å². The molecule has 1 aromatic heterocycles. The predicted octanol–water partition coefficient (Wildman–Crippen LogP) is 3.63. The highest BCUT2D eigenvalue weighted by Gasteiger charge is 2.22. The van der Waals surface area contributed by atoms with Gasteiger partial charge < -0.3 is 14.8 Å². The molecule has 3 rings (SSSR count). The van der Waals surface area contributed by atoms with Gasteiger partial charge in [0.1, 0.15) is 18.4 Å². The highest BCUT2D eigenvalue weighted by atomic mass is 35.5. The summed E-state index contributed by atoms with van der Waals surface area (Å²) in [6.45, 7) is 5.20. The lowest BCUT2D eigenvalue weighted by Crippen LogP contribution is -2.32. The molecule has 0 aliphatic carbocycles. The fraction of sp³-hybridized carbons (Fsp3) is 0.333. The molecule has 24 heavy (non-hydrogen) atoms. The first kappa shape index (κ1) is 16.6. The van der Waals surface area contributed by atoms with Gasteiger partial charge in [-0.1, -0.05) is 31.5 Å². The lowest BCUT2D eigenvalue weighted by atomic mass is 9.95. The standard InChI is InChI=1S/C18H19ClN2O3/c1-11(2)17(21-18(22)13-4-6-16(19)20-10-13)12-3-5-14-15(9-12)24-8-7-23-14/h3-6,9-11,17H,7-8H2,1-2H3,(H,21,22)/t17-/m1/s1. The van der Waals surface area contributed by atoms with Gasteiger partial charge in [-0.05, 0) is 35.7 Å². The van der Waals surface area contributed by atoms with Crippen LogP contribution in [0.5, 0.6) is 11.5 Å². The maximum Gasteiger partial charge on any atom is 0.253 e. The summed E-state index contributed by atoms with van der Waals surface area (Å²) >= 11 is 5.77. The van der Waals surface area contributed by atoms with Crippen LogP contribution in [0.15, 0.2) is 36.5 Å². The van der Waals surface area contributed by atoms with E-state index in [9.17, 15) is 4.79 Å². The molecular formula is C18H19ClN2O3.